The van der Waals surface area contributed by atoms with Crippen LogP contribution < -0.4 is 0 Å². The Kier molecular flexibility index (Phi) is 5.21. The lowest BCUT2D eigenvalue weighted by atomic mass is 9.90. The van der Waals surface area contributed by atoms with Gasteiger partial charge in [-0.25, -0.2) is 8.78 Å². The summed E-state index contributed by atoms with van der Waals surface area (Å²) in [4.78, 5) is 23.5. The minimum atomic E-state index is -0.868. The first-order valence-corrected chi connectivity index (χ1v) is 10.6. The Hall–Kier alpha value is -3.16. The number of benzene rings is 1. The zero-order chi connectivity index (χ0) is 21.4. The molecule has 6 nitrogen and oxygen atoms in total. The second-order valence-corrected chi connectivity index (χ2v) is 8.31. The van der Waals surface area contributed by atoms with E-state index in [9.17, 15) is 13.6 Å². The summed E-state index contributed by atoms with van der Waals surface area (Å²) in [6.07, 6.45) is 7.91. The van der Waals surface area contributed by atoms with E-state index in [1.807, 2.05) is 12.1 Å². The van der Waals surface area contributed by atoms with Gasteiger partial charge in [0.05, 0.1) is 11.5 Å². The maximum absolute atomic E-state index is 14.2. The molecule has 2 atom stereocenters. The van der Waals surface area contributed by atoms with Crippen molar-refractivity contribution < 1.29 is 18.1 Å². The van der Waals surface area contributed by atoms with Crippen LogP contribution in [0.5, 0.6) is 0 Å². The molecule has 1 aliphatic carbocycles. The average molecular weight is 424 g/mol. The largest absolute Gasteiger partial charge is 0.339 e. The van der Waals surface area contributed by atoms with Crippen molar-refractivity contribution in [2.24, 2.45) is 0 Å². The minimum absolute atomic E-state index is 0.113. The highest BCUT2D eigenvalue weighted by molar-refractivity contribution is 5.94. The van der Waals surface area contributed by atoms with Crippen molar-refractivity contribution in [1.29, 1.82) is 0 Å². The van der Waals surface area contributed by atoms with Crippen LogP contribution in [0.15, 0.2) is 47.2 Å². The van der Waals surface area contributed by atoms with Gasteiger partial charge in [0.1, 0.15) is 11.6 Å². The molecular weight excluding hydrogens is 402 g/mol. The van der Waals surface area contributed by atoms with Crippen molar-refractivity contribution in [1.82, 2.24) is 20.0 Å². The van der Waals surface area contributed by atoms with Crippen molar-refractivity contribution in [3.8, 4) is 0 Å². The number of halogens is 2. The van der Waals surface area contributed by atoms with Crippen molar-refractivity contribution in [3.63, 3.8) is 0 Å². The number of likely N-dealkylation sites (tertiary alicyclic amines) is 1. The first kappa shape index (κ1) is 19.8. The van der Waals surface area contributed by atoms with Gasteiger partial charge in [-0.15, -0.1) is 0 Å². The summed E-state index contributed by atoms with van der Waals surface area (Å²) in [6.45, 7) is 0.661. The van der Waals surface area contributed by atoms with Gasteiger partial charge in [0.25, 0.3) is 5.91 Å². The van der Waals surface area contributed by atoms with Crippen LogP contribution in [0.3, 0.4) is 0 Å². The Balaban J connectivity index is 1.45. The highest BCUT2D eigenvalue weighted by Crippen LogP contribution is 2.40. The van der Waals surface area contributed by atoms with E-state index in [1.165, 1.54) is 18.9 Å². The Morgan fingerprint density at radius 3 is 2.65 bits per heavy atom. The number of carbonyl (C=O) groups is 1. The number of carbonyl (C=O) groups excluding carboxylic acids is 1. The molecule has 3 heterocycles. The molecule has 0 radical (unpaired) electrons. The molecule has 8 heteroatoms. The predicted molar refractivity (Wildman–Crippen MR) is 107 cm³/mol. The van der Waals surface area contributed by atoms with Gasteiger partial charge in [-0.05, 0) is 36.6 Å². The molecule has 0 N–H and O–H groups in total. The van der Waals surface area contributed by atoms with Crippen LogP contribution in [0, 0.1) is 11.6 Å². The van der Waals surface area contributed by atoms with Crippen molar-refractivity contribution in [2.45, 2.75) is 43.4 Å². The quantitative estimate of drug-likeness (QED) is 0.620. The molecule has 1 amide bonds. The second kappa shape index (κ2) is 8.17. The molecule has 0 unspecified atom stereocenters. The summed E-state index contributed by atoms with van der Waals surface area (Å²) >= 11 is 0. The fraction of sp³-hybridized carbons (Fsp3) is 0.391. The second-order valence-electron chi connectivity index (χ2n) is 8.31. The van der Waals surface area contributed by atoms with Crippen molar-refractivity contribution in [2.75, 3.05) is 13.1 Å². The summed E-state index contributed by atoms with van der Waals surface area (Å²) in [6, 6.07) is 6.80. The van der Waals surface area contributed by atoms with Crippen LogP contribution in [0.4, 0.5) is 8.78 Å². The van der Waals surface area contributed by atoms with Crippen LogP contribution in [0.25, 0.3) is 0 Å². The van der Waals surface area contributed by atoms with Gasteiger partial charge in [-0.2, -0.15) is 4.98 Å². The number of hydrogen-bond acceptors (Lipinski definition) is 5. The maximum Gasteiger partial charge on any atom is 0.256 e. The predicted octanol–water partition coefficient (Wildman–Crippen LogP) is 4.42. The molecule has 1 saturated carbocycles. The van der Waals surface area contributed by atoms with Crippen LogP contribution >= 0.6 is 0 Å². The van der Waals surface area contributed by atoms with E-state index in [-0.39, 0.29) is 17.4 Å². The summed E-state index contributed by atoms with van der Waals surface area (Å²) in [5, 5.41) is 4.22. The lowest BCUT2D eigenvalue weighted by Crippen LogP contribution is -2.29. The topological polar surface area (TPSA) is 72.1 Å². The van der Waals surface area contributed by atoms with Crippen LogP contribution in [-0.2, 0) is 0 Å². The molecule has 3 aromatic rings. The number of rotatable bonds is 4. The molecule has 0 bridgehead atoms. The van der Waals surface area contributed by atoms with Gasteiger partial charge in [0.2, 0.25) is 5.89 Å². The fourth-order valence-electron chi connectivity index (χ4n) is 4.73. The number of pyridine rings is 1. The summed E-state index contributed by atoms with van der Waals surface area (Å²) in [5.74, 6) is -0.861. The smallest absolute Gasteiger partial charge is 0.256 e. The molecular formula is C23H22F2N4O2. The Labute approximate surface area is 178 Å². The zero-order valence-corrected chi connectivity index (χ0v) is 16.9. The number of aromatic nitrogens is 3. The Bertz CT molecular complexity index is 1080. The standard InChI is InChI=1S/C23H22F2N4O2/c24-16-7-8-17(20(25)10-16)23(30)29-12-18(15-6-3-9-26-11-15)19(13-29)22-27-21(28-31-22)14-4-1-2-5-14/h3,6-11,14,18-19H,1-2,4-5,12-13H2/t18-,19+/m0/s1. The molecule has 2 aromatic heterocycles. The number of hydrogen-bond donors (Lipinski definition) is 0. The van der Waals surface area contributed by atoms with E-state index in [4.69, 9.17) is 4.52 Å². The van der Waals surface area contributed by atoms with Crippen molar-refractivity contribution in [3.05, 3.63) is 77.2 Å². The van der Waals surface area contributed by atoms with Gasteiger partial charge in [-0.3, -0.25) is 9.78 Å². The third kappa shape index (κ3) is 3.82. The Morgan fingerprint density at radius 2 is 1.90 bits per heavy atom. The molecule has 1 saturated heterocycles. The molecule has 160 valence electrons. The van der Waals surface area contributed by atoms with E-state index >= 15 is 0 Å². The van der Waals surface area contributed by atoms with Crippen molar-refractivity contribution >= 4 is 5.91 Å². The van der Waals surface area contributed by atoms with Crippen LogP contribution in [0.2, 0.25) is 0 Å². The van der Waals surface area contributed by atoms with Crippen LogP contribution in [0.1, 0.15) is 71.1 Å². The average Bonchev–Trinajstić information content (AvgIpc) is 3.54. The van der Waals surface area contributed by atoms with E-state index in [2.05, 4.69) is 15.1 Å². The molecule has 2 aliphatic rings. The monoisotopic (exact) mass is 424 g/mol. The fourth-order valence-corrected chi connectivity index (χ4v) is 4.73. The van der Waals surface area contributed by atoms with E-state index in [1.54, 1.807) is 17.3 Å². The number of nitrogens with zero attached hydrogens (tertiary/aromatic N) is 4. The highest BCUT2D eigenvalue weighted by Gasteiger charge is 2.41. The Morgan fingerprint density at radius 1 is 1.10 bits per heavy atom. The molecule has 31 heavy (non-hydrogen) atoms. The molecule has 1 aliphatic heterocycles. The molecule has 0 spiro atoms. The van der Waals surface area contributed by atoms with E-state index < -0.39 is 17.5 Å². The van der Waals surface area contributed by atoms with Gasteiger partial charge in [0.15, 0.2) is 5.82 Å². The third-order valence-electron chi connectivity index (χ3n) is 6.38. The highest BCUT2D eigenvalue weighted by atomic mass is 19.1. The SMILES string of the molecule is O=C(c1ccc(F)cc1F)N1C[C@@H](c2cccnc2)[C@H](c2nc(C3CCCC3)no2)C1. The van der Waals surface area contributed by atoms with Gasteiger partial charge >= 0.3 is 0 Å². The van der Waals surface area contributed by atoms with E-state index in [0.29, 0.717) is 24.9 Å². The minimum Gasteiger partial charge on any atom is -0.339 e. The lowest BCUT2D eigenvalue weighted by Gasteiger charge is -2.17. The first-order chi connectivity index (χ1) is 15.1. The van der Waals surface area contributed by atoms with Gasteiger partial charge < -0.3 is 9.42 Å². The van der Waals surface area contributed by atoms with E-state index in [0.717, 1.165) is 36.4 Å². The normalized spacial score (nSPS) is 21.7. The third-order valence-corrected chi connectivity index (χ3v) is 6.38. The summed E-state index contributed by atoms with van der Waals surface area (Å²) in [5.41, 5.74) is 0.798. The maximum atomic E-state index is 14.2. The molecule has 2 fully saturated rings. The zero-order valence-electron chi connectivity index (χ0n) is 16.9. The first-order valence-electron chi connectivity index (χ1n) is 10.6. The van der Waals surface area contributed by atoms with Crippen LogP contribution in [-0.4, -0.2) is 39.0 Å². The van der Waals surface area contributed by atoms with Gasteiger partial charge in [-0.1, -0.05) is 24.1 Å². The molecule has 1 aromatic carbocycles. The molecule has 5 rings (SSSR count). The number of amides is 1. The summed E-state index contributed by atoms with van der Waals surface area (Å²) < 4.78 is 33.2. The summed E-state index contributed by atoms with van der Waals surface area (Å²) in [7, 11) is 0. The lowest BCUT2D eigenvalue weighted by molar-refractivity contribution is 0.0783. The van der Waals surface area contributed by atoms with Gasteiger partial charge in [0, 0.05) is 43.4 Å².